The number of rotatable bonds is 4. The first-order valence-electron chi connectivity index (χ1n) is 5.43. The maximum atomic E-state index is 13.0. The first-order chi connectivity index (χ1) is 7.69. The van der Waals surface area contributed by atoms with Crippen LogP contribution >= 0.6 is 11.6 Å². The van der Waals surface area contributed by atoms with E-state index < -0.39 is 0 Å². The fraction of sp³-hybridized carbons (Fsp3) is 0.500. The van der Waals surface area contributed by atoms with Gasteiger partial charge in [0.15, 0.2) is 0 Å². The zero-order valence-corrected chi connectivity index (χ0v) is 9.93. The van der Waals surface area contributed by atoms with Gasteiger partial charge in [-0.25, -0.2) is 4.39 Å². The van der Waals surface area contributed by atoms with Gasteiger partial charge >= 0.3 is 0 Å². The maximum Gasteiger partial charge on any atom is 0.123 e. The van der Waals surface area contributed by atoms with Crippen LogP contribution in [0.3, 0.4) is 0 Å². The Hall–Kier alpha value is -0.800. The molecular weight excluding hydrogens is 229 g/mol. The van der Waals surface area contributed by atoms with Crippen molar-refractivity contribution in [2.45, 2.75) is 25.5 Å². The molecule has 2 rings (SSSR count). The van der Waals surface area contributed by atoms with Crippen molar-refractivity contribution in [3.63, 3.8) is 0 Å². The lowest BCUT2D eigenvalue weighted by molar-refractivity contribution is 0.224. The van der Waals surface area contributed by atoms with Crippen LogP contribution in [0.25, 0.3) is 0 Å². The summed E-state index contributed by atoms with van der Waals surface area (Å²) in [4.78, 5) is 0. The van der Waals surface area contributed by atoms with E-state index in [9.17, 15) is 4.39 Å². The number of hydrogen-bond donors (Lipinski definition) is 1. The van der Waals surface area contributed by atoms with Gasteiger partial charge in [-0.15, -0.1) is 11.6 Å². The Morgan fingerprint density at radius 2 is 2.44 bits per heavy atom. The lowest BCUT2D eigenvalue weighted by Crippen LogP contribution is -2.36. The molecule has 0 aliphatic carbocycles. The Bertz CT molecular complexity index is 372. The van der Waals surface area contributed by atoms with Gasteiger partial charge in [0.05, 0.1) is 0 Å². The standard InChI is InChI=1S/C12H15ClFNO/c1-8(6-13)15-7-11-5-9-4-10(14)2-3-12(9)16-11/h2-4,8,11,15H,5-7H2,1H3. The maximum absolute atomic E-state index is 13.0. The molecule has 1 heterocycles. The molecule has 1 N–H and O–H groups in total. The molecule has 1 aromatic rings. The van der Waals surface area contributed by atoms with Gasteiger partial charge in [-0.05, 0) is 25.1 Å². The topological polar surface area (TPSA) is 21.3 Å². The predicted molar refractivity (Wildman–Crippen MR) is 62.7 cm³/mol. The summed E-state index contributed by atoms with van der Waals surface area (Å²) >= 11 is 5.69. The third-order valence-corrected chi connectivity index (χ3v) is 3.15. The summed E-state index contributed by atoms with van der Waals surface area (Å²) in [5, 5.41) is 3.27. The number of benzene rings is 1. The molecule has 1 aliphatic rings. The highest BCUT2D eigenvalue weighted by molar-refractivity contribution is 6.18. The highest BCUT2D eigenvalue weighted by Gasteiger charge is 2.23. The van der Waals surface area contributed by atoms with Crippen molar-refractivity contribution in [1.82, 2.24) is 5.32 Å². The van der Waals surface area contributed by atoms with E-state index in [1.165, 1.54) is 6.07 Å². The molecule has 88 valence electrons. The van der Waals surface area contributed by atoms with Gasteiger partial charge in [0.25, 0.3) is 0 Å². The highest BCUT2D eigenvalue weighted by atomic mass is 35.5. The Morgan fingerprint density at radius 3 is 3.19 bits per heavy atom. The molecule has 1 aromatic carbocycles. The molecule has 0 radical (unpaired) electrons. The van der Waals surface area contributed by atoms with Crippen LogP contribution < -0.4 is 10.1 Å². The van der Waals surface area contributed by atoms with Crippen LogP contribution in [0.1, 0.15) is 12.5 Å². The molecule has 1 aliphatic heterocycles. The summed E-state index contributed by atoms with van der Waals surface area (Å²) < 4.78 is 18.7. The third-order valence-electron chi connectivity index (χ3n) is 2.69. The molecule has 2 unspecified atom stereocenters. The van der Waals surface area contributed by atoms with E-state index in [0.29, 0.717) is 5.88 Å². The summed E-state index contributed by atoms with van der Waals surface area (Å²) in [5.41, 5.74) is 0.949. The first-order valence-corrected chi connectivity index (χ1v) is 5.97. The smallest absolute Gasteiger partial charge is 0.123 e. The van der Waals surface area contributed by atoms with Crippen LogP contribution in [0.5, 0.6) is 5.75 Å². The van der Waals surface area contributed by atoms with Crippen LogP contribution in [0.2, 0.25) is 0 Å². The first kappa shape index (κ1) is 11.7. The Kier molecular flexibility index (Phi) is 3.66. The lowest BCUT2D eigenvalue weighted by Gasteiger charge is -2.15. The van der Waals surface area contributed by atoms with Crippen molar-refractivity contribution in [3.05, 3.63) is 29.6 Å². The molecule has 16 heavy (non-hydrogen) atoms. The second kappa shape index (κ2) is 5.02. The van der Waals surface area contributed by atoms with Crippen molar-refractivity contribution < 1.29 is 9.13 Å². The van der Waals surface area contributed by atoms with E-state index >= 15 is 0 Å². The van der Waals surface area contributed by atoms with Gasteiger partial charge in [0, 0.05) is 30.5 Å². The van der Waals surface area contributed by atoms with E-state index in [1.54, 1.807) is 12.1 Å². The average molecular weight is 244 g/mol. The van der Waals surface area contributed by atoms with Crippen molar-refractivity contribution in [3.8, 4) is 5.75 Å². The Labute approximate surface area is 99.7 Å². The summed E-state index contributed by atoms with van der Waals surface area (Å²) in [6, 6.07) is 4.93. The molecule has 4 heteroatoms. The van der Waals surface area contributed by atoms with Crippen LogP contribution in [-0.4, -0.2) is 24.6 Å². The van der Waals surface area contributed by atoms with Crippen LogP contribution in [0, 0.1) is 5.82 Å². The summed E-state index contributed by atoms with van der Waals surface area (Å²) in [6.45, 7) is 2.76. The lowest BCUT2D eigenvalue weighted by atomic mass is 10.1. The van der Waals surface area contributed by atoms with Gasteiger partial charge < -0.3 is 10.1 Å². The molecule has 0 aromatic heterocycles. The van der Waals surface area contributed by atoms with E-state index in [1.807, 2.05) is 6.92 Å². The number of fused-ring (bicyclic) bond motifs is 1. The van der Waals surface area contributed by atoms with Crippen molar-refractivity contribution in [1.29, 1.82) is 0 Å². The normalized spacial score (nSPS) is 20.3. The molecule has 2 atom stereocenters. The monoisotopic (exact) mass is 243 g/mol. The predicted octanol–water partition coefficient (Wildman–Crippen LogP) is 2.35. The quantitative estimate of drug-likeness (QED) is 0.820. The van der Waals surface area contributed by atoms with Crippen LogP contribution in [-0.2, 0) is 6.42 Å². The van der Waals surface area contributed by atoms with Crippen molar-refractivity contribution in [2.75, 3.05) is 12.4 Å². The van der Waals surface area contributed by atoms with Crippen molar-refractivity contribution in [2.24, 2.45) is 0 Å². The Balaban J connectivity index is 1.90. The molecule has 0 amide bonds. The van der Waals surface area contributed by atoms with Crippen LogP contribution in [0.4, 0.5) is 4.39 Å². The summed E-state index contributed by atoms with van der Waals surface area (Å²) in [5.74, 6) is 1.17. The fourth-order valence-electron chi connectivity index (χ4n) is 1.79. The Morgan fingerprint density at radius 1 is 1.62 bits per heavy atom. The van der Waals surface area contributed by atoms with E-state index in [0.717, 1.165) is 24.3 Å². The molecule has 0 fully saturated rings. The molecule has 2 nitrogen and oxygen atoms in total. The van der Waals surface area contributed by atoms with E-state index in [-0.39, 0.29) is 18.0 Å². The second-order valence-corrected chi connectivity index (χ2v) is 4.47. The average Bonchev–Trinajstić information content (AvgIpc) is 2.67. The van der Waals surface area contributed by atoms with E-state index in [2.05, 4.69) is 5.32 Å². The van der Waals surface area contributed by atoms with E-state index in [4.69, 9.17) is 16.3 Å². The minimum absolute atomic E-state index is 0.0856. The summed E-state index contributed by atoms with van der Waals surface area (Å²) in [7, 11) is 0. The van der Waals surface area contributed by atoms with Gasteiger partial charge in [0.1, 0.15) is 17.7 Å². The molecular formula is C12H15ClFNO. The number of ether oxygens (including phenoxy) is 1. The van der Waals surface area contributed by atoms with Gasteiger partial charge in [-0.3, -0.25) is 0 Å². The fourth-order valence-corrected chi connectivity index (χ4v) is 1.90. The van der Waals surface area contributed by atoms with Crippen molar-refractivity contribution >= 4 is 11.6 Å². The molecule has 0 saturated carbocycles. The zero-order valence-electron chi connectivity index (χ0n) is 9.17. The van der Waals surface area contributed by atoms with Gasteiger partial charge in [0.2, 0.25) is 0 Å². The highest BCUT2D eigenvalue weighted by Crippen LogP contribution is 2.28. The summed E-state index contributed by atoms with van der Waals surface area (Å²) in [6.07, 6.45) is 0.845. The molecule has 0 saturated heterocycles. The third kappa shape index (κ3) is 2.66. The minimum Gasteiger partial charge on any atom is -0.488 e. The second-order valence-electron chi connectivity index (χ2n) is 4.16. The minimum atomic E-state index is -0.204. The molecule has 0 spiro atoms. The number of hydrogen-bond acceptors (Lipinski definition) is 2. The SMILES string of the molecule is CC(CCl)NCC1Cc2cc(F)ccc2O1. The largest absolute Gasteiger partial charge is 0.488 e. The molecule has 0 bridgehead atoms. The van der Waals surface area contributed by atoms with Gasteiger partial charge in [-0.1, -0.05) is 0 Å². The number of alkyl halides is 1. The zero-order chi connectivity index (χ0) is 11.5. The number of halogens is 2. The number of nitrogens with one attached hydrogen (secondary N) is 1. The van der Waals surface area contributed by atoms with Gasteiger partial charge in [-0.2, -0.15) is 0 Å². The van der Waals surface area contributed by atoms with Crippen LogP contribution in [0.15, 0.2) is 18.2 Å².